The molecule has 4 nitrogen and oxygen atoms in total. The number of carbonyl (C=O) groups is 1. The van der Waals surface area contributed by atoms with Crippen molar-refractivity contribution in [2.24, 2.45) is 0 Å². The van der Waals surface area contributed by atoms with Gasteiger partial charge in [-0.1, -0.05) is 6.07 Å². The summed E-state index contributed by atoms with van der Waals surface area (Å²) in [6.07, 6.45) is 1.81. The van der Waals surface area contributed by atoms with Gasteiger partial charge in [0.25, 0.3) is 0 Å². The molecule has 1 N–H and O–H groups in total. The number of nitrogens with one attached hydrogen (secondary N) is 1. The van der Waals surface area contributed by atoms with Crippen LogP contribution in [0.25, 0.3) is 0 Å². The second-order valence-electron chi connectivity index (χ2n) is 4.30. The largest absolute Gasteiger partial charge is 0.468 e. The van der Waals surface area contributed by atoms with Crippen molar-refractivity contribution in [1.29, 1.82) is 0 Å². The predicted molar refractivity (Wildman–Crippen MR) is 61.9 cm³/mol. The van der Waals surface area contributed by atoms with Gasteiger partial charge < -0.3 is 4.74 Å². The maximum Gasteiger partial charge on any atom is 0.325 e. The Morgan fingerprint density at radius 2 is 2.19 bits per heavy atom. The Morgan fingerprint density at radius 3 is 2.69 bits per heavy atom. The van der Waals surface area contributed by atoms with E-state index < -0.39 is 5.54 Å². The van der Waals surface area contributed by atoms with Gasteiger partial charge in [0.1, 0.15) is 5.54 Å². The zero-order valence-corrected chi connectivity index (χ0v) is 10.2. The highest BCUT2D eigenvalue weighted by Gasteiger charge is 2.27. The molecule has 0 aliphatic heterocycles. The number of nitrogens with zero attached hydrogens (tertiary/aromatic N) is 1. The zero-order valence-electron chi connectivity index (χ0n) is 10.2. The van der Waals surface area contributed by atoms with Gasteiger partial charge in [0.2, 0.25) is 0 Å². The molecular weight excluding hydrogens is 204 g/mol. The minimum Gasteiger partial charge on any atom is -0.468 e. The van der Waals surface area contributed by atoms with E-state index in [9.17, 15) is 4.79 Å². The lowest BCUT2D eigenvalue weighted by molar-refractivity contribution is -0.147. The molecule has 1 heterocycles. The number of aromatic nitrogens is 1. The summed E-state index contributed by atoms with van der Waals surface area (Å²) < 4.78 is 4.70. The number of hydrogen-bond acceptors (Lipinski definition) is 4. The summed E-state index contributed by atoms with van der Waals surface area (Å²) in [5, 5.41) is 3.11. The molecule has 1 aromatic heterocycles. The first-order valence-electron chi connectivity index (χ1n) is 5.20. The van der Waals surface area contributed by atoms with E-state index >= 15 is 0 Å². The van der Waals surface area contributed by atoms with Gasteiger partial charge in [0.05, 0.1) is 12.8 Å². The molecule has 0 aromatic carbocycles. The van der Waals surface area contributed by atoms with Crippen LogP contribution in [0.3, 0.4) is 0 Å². The Bertz CT molecular complexity index is 358. The minimum absolute atomic E-state index is 0.278. The molecule has 0 spiro atoms. The van der Waals surface area contributed by atoms with E-state index in [4.69, 9.17) is 4.74 Å². The van der Waals surface area contributed by atoms with Crippen molar-refractivity contribution in [3.63, 3.8) is 0 Å². The van der Waals surface area contributed by atoms with Crippen molar-refractivity contribution in [2.75, 3.05) is 7.11 Å². The van der Waals surface area contributed by atoms with Crippen molar-refractivity contribution in [2.45, 2.75) is 32.9 Å². The first kappa shape index (κ1) is 12.6. The van der Waals surface area contributed by atoms with E-state index in [1.54, 1.807) is 13.8 Å². The molecule has 16 heavy (non-hydrogen) atoms. The third-order valence-electron chi connectivity index (χ3n) is 2.38. The van der Waals surface area contributed by atoms with Crippen LogP contribution in [0.5, 0.6) is 0 Å². The molecule has 0 amide bonds. The van der Waals surface area contributed by atoms with Crippen LogP contribution in [0.15, 0.2) is 18.3 Å². The van der Waals surface area contributed by atoms with Gasteiger partial charge in [0.15, 0.2) is 0 Å². The van der Waals surface area contributed by atoms with Gasteiger partial charge in [-0.15, -0.1) is 0 Å². The van der Waals surface area contributed by atoms with E-state index in [-0.39, 0.29) is 5.97 Å². The van der Waals surface area contributed by atoms with Crippen molar-refractivity contribution in [3.05, 3.63) is 29.6 Å². The molecule has 0 unspecified atom stereocenters. The van der Waals surface area contributed by atoms with Gasteiger partial charge in [-0.05, 0) is 32.4 Å². The van der Waals surface area contributed by atoms with Gasteiger partial charge >= 0.3 is 5.97 Å². The second-order valence-corrected chi connectivity index (χ2v) is 4.30. The topological polar surface area (TPSA) is 51.2 Å². The SMILES string of the molecule is COC(=O)C(C)(C)NCc1ccc(C)cn1. The second kappa shape index (κ2) is 5.07. The Labute approximate surface area is 96.0 Å². The van der Waals surface area contributed by atoms with Gasteiger partial charge in [-0.2, -0.15) is 0 Å². The third kappa shape index (κ3) is 3.31. The number of aryl methyl sites for hydroxylation is 1. The summed E-state index contributed by atoms with van der Waals surface area (Å²) in [6.45, 7) is 6.10. The Hall–Kier alpha value is -1.42. The summed E-state index contributed by atoms with van der Waals surface area (Å²) in [7, 11) is 1.38. The molecule has 0 radical (unpaired) electrons. The molecular formula is C12H18N2O2. The predicted octanol–water partition coefficient (Wildman–Crippen LogP) is 1.43. The van der Waals surface area contributed by atoms with Crippen LogP contribution in [0, 0.1) is 6.92 Å². The summed E-state index contributed by atoms with van der Waals surface area (Å²) in [5.41, 5.74) is 1.33. The maximum atomic E-state index is 11.4. The van der Waals surface area contributed by atoms with Gasteiger partial charge in [-0.3, -0.25) is 15.1 Å². The van der Waals surface area contributed by atoms with Crippen LogP contribution in [-0.4, -0.2) is 23.6 Å². The van der Waals surface area contributed by atoms with Crippen LogP contribution in [-0.2, 0) is 16.1 Å². The molecule has 0 bridgehead atoms. The molecule has 0 saturated carbocycles. The number of carbonyl (C=O) groups excluding carboxylic acids is 1. The number of pyridine rings is 1. The van der Waals surface area contributed by atoms with Crippen molar-refractivity contribution < 1.29 is 9.53 Å². The Morgan fingerprint density at radius 1 is 1.50 bits per heavy atom. The number of hydrogen-bond donors (Lipinski definition) is 1. The van der Waals surface area contributed by atoms with Crippen LogP contribution >= 0.6 is 0 Å². The maximum absolute atomic E-state index is 11.4. The Balaban J connectivity index is 2.57. The number of ether oxygens (including phenoxy) is 1. The molecule has 88 valence electrons. The molecule has 0 saturated heterocycles. The van der Waals surface area contributed by atoms with Crippen LogP contribution in [0.2, 0.25) is 0 Å². The highest BCUT2D eigenvalue weighted by molar-refractivity contribution is 5.79. The van der Waals surface area contributed by atoms with Crippen molar-refractivity contribution in [1.82, 2.24) is 10.3 Å². The smallest absolute Gasteiger partial charge is 0.325 e. The lowest BCUT2D eigenvalue weighted by atomic mass is 10.1. The number of rotatable bonds is 4. The summed E-state index contributed by atoms with van der Waals surface area (Å²) in [5.74, 6) is -0.278. The summed E-state index contributed by atoms with van der Waals surface area (Å²) in [4.78, 5) is 15.7. The van der Waals surface area contributed by atoms with E-state index in [2.05, 4.69) is 10.3 Å². The molecule has 0 atom stereocenters. The number of esters is 1. The van der Waals surface area contributed by atoms with Gasteiger partial charge in [-0.25, -0.2) is 0 Å². The quantitative estimate of drug-likeness (QED) is 0.783. The molecule has 4 heteroatoms. The minimum atomic E-state index is -0.693. The average Bonchev–Trinajstić information content (AvgIpc) is 2.27. The Kier molecular flexibility index (Phi) is 4.01. The van der Waals surface area contributed by atoms with E-state index in [0.717, 1.165) is 11.3 Å². The molecule has 0 fully saturated rings. The van der Waals surface area contributed by atoms with E-state index in [1.165, 1.54) is 7.11 Å². The molecule has 0 aliphatic carbocycles. The first-order chi connectivity index (χ1) is 7.45. The molecule has 1 aromatic rings. The summed E-state index contributed by atoms with van der Waals surface area (Å²) >= 11 is 0. The molecule has 0 aliphatic rings. The first-order valence-corrected chi connectivity index (χ1v) is 5.20. The summed E-state index contributed by atoms with van der Waals surface area (Å²) in [6, 6.07) is 3.94. The fourth-order valence-corrected chi connectivity index (χ4v) is 1.24. The lowest BCUT2D eigenvalue weighted by Crippen LogP contribution is -2.47. The van der Waals surface area contributed by atoms with Crippen LogP contribution < -0.4 is 5.32 Å². The highest BCUT2D eigenvalue weighted by atomic mass is 16.5. The van der Waals surface area contributed by atoms with Crippen LogP contribution in [0.4, 0.5) is 0 Å². The van der Waals surface area contributed by atoms with Gasteiger partial charge in [0, 0.05) is 12.7 Å². The fraction of sp³-hybridized carbons (Fsp3) is 0.500. The highest BCUT2D eigenvalue weighted by Crippen LogP contribution is 2.06. The zero-order chi connectivity index (χ0) is 12.2. The van der Waals surface area contributed by atoms with Crippen molar-refractivity contribution in [3.8, 4) is 0 Å². The monoisotopic (exact) mass is 222 g/mol. The van der Waals surface area contributed by atoms with Crippen LogP contribution in [0.1, 0.15) is 25.1 Å². The fourth-order valence-electron chi connectivity index (χ4n) is 1.24. The number of methoxy groups -OCH3 is 1. The van der Waals surface area contributed by atoms with E-state index in [0.29, 0.717) is 6.54 Å². The van der Waals surface area contributed by atoms with Crippen molar-refractivity contribution >= 4 is 5.97 Å². The van der Waals surface area contributed by atoms with E-state index in [1.807, 2.05) is 25.3 Å². The normalized spacial score (nSPS) is 11.2. The third-order valence-corrected chi connectivity index (χ3v) is 2.38. The lowest BCUT2D eigenvalue weighted by Gasteiger charge is -2.22. The average molecular weight is 222 g/mol. The molecule has 1 rings (SSSR count). The standard InChI is InChI=1S/C12H18N2O2/c1-9-5-6-10(13-7-9)8-14-12(2,3)11(15)16-4/h5-7,14H,8H2,1-4H3.